The van der Waals surface area contributed by atoms with Crippen molar-refractivity contribution in [2.24, 2.45) is 5.92 Å². The Kier molecular flexibility index (Phi) is 4.78. The van der Waals surface area contributed by atoms with E-state index in [2.05, 4.69) is 30.2 Å². The Balaban J connectivity index is 2.18. The Labute approximate surface area is 130 Å². The Morgan fingerprint density at radius 3 is 2.62 bits per heavy atom. The van der Waals surface area contributed by atoms with Crippen molar-refractivity contribution in [3.05, 3.63) is 44.9 Å². The van der Waals surface area contributed by atoms with E-state index in [-0.39, 0.29) is 5.91 Å². The molecule has 1 N–H and O–H groups in total. The van der Waals surface area contributed by atoms with Gasteiger partial charge < -0.3 is 5.32 Å². The molecule has 0 aliphatic carbocycles. The van der Waals surface area contributed by atoms with Crippen LogP contribution in [0.2, 0.25) is 0 Å². The summed E-state index contributed by atoms with van der Waals surface area (Å²) in [7, 11) is 0. The molecule has 0 fully saturated rings. The summed E-state index contributed by atoms with van der Waals surface area (Å²) in [5.74, 6) is 0.484. The number of carbonyl (C=O) groups excluding carboxylic acids is 1. The molecule has 0 saturated carbocycles. The van der Waals surface area contributed by atoms with Gasteiger partial charge in [-0.25, -0.2) is 4.98 Å². The third-order valence-electron chi connectivity index (χ3n) is 3.26. The van der Waals surface area contributed by atoms with Crippen LogP contribution in [0, 0.1) is 26.7 Å². The van der Waals surface area contributed by atoms with Crippen LogP contribution in [0.4, 0.5) is 5.69 Å². The molecule has 1 aromatic heterocycles. The Bertz CT molecular complexity index is 659. The molecular formula is C17H22N2OS. The van der Waals surface area contributed by atoms with Crippen LogP contribution in [-0.2, 0) is 6.42 Å². The zero-order chi connectivity index (χ0) is 15.6. The number of thiazole rings is 1. The van der Waals surface area contributed by atoms with Crippen molar-refractivity contribution in [3.63, 3.8) is 0 Å². The number of hydrogen-bond donors (Lipinski definition) is 1. The highest BCUT2D eigenvalue weighted by Crippen LogP contribution is 2.23. The molecule has 0 saturated heterocycles. The second-order valence-electron chi connectivity index (χ2n) is 5.89. The molecule has 0 radical (unpaired) electrons. The summed E-state index contributed by atoms with van der Waals surface area (Å²) in [6.45, 7) is 10.3. The van der Waals surface area contributed by atoms with Gasteiger partial charge in [0.15, 0.2) is 0 Å². The fraction of sp³-hybridized carbons (Fsp3) is 0.412. The molecule has 1 amide bonds. The monoisotopic (exact) mass is 302 g/mol. The summed E-state index contributed by atoms with van der Waals surface area (Å²) in [5.41, 5.74) is 3.95. The summed E-state index contributed by atoms with van der Waals surface area (Å²) in [4.78, 5) is 17.7. The fourth-order valence-corrected chi connectivity index (χ4v) is 3.40. The van der Waals surface area contributed by atoms with Crippen molar-refractivity contribution < 1.29 is 4.79 Å². The number of benzene rings is 1. The third kappa shape index (κ3) is 3.91. The van der Waals surface area contributed by atoms with E-state index in [1.807, 2.05) is 32.9 Å². The first-order valence-corrected chi connectivity index (χ1v) is 8.03. The maximum absolute atomic E-state index is 12.4. The molecule has 0 spiro atoms. The van der Waals surface area contributed by atoms with Crippen LogP contribution in [0.3, 0.4) is 0 Å². The van der Waals surface area contributed by atoms with Gasteiger partial charge in [-0.2, -0.15) is 0 Å². The highest BCUT2D eigenvalue weighted by molar-refractivity contribution is 7.13. The van der Waals surface area contributed by atoms with E-state index in [4.69, 9.17) is 0 Å². The van der Waals surface area contributed by atoms with Gasteiger partial charge in [0.25, 0.3) is 5.91 Å². The van der Waals surface area contributed by atoms with E-state index in [1.54, 1.807) is 0 Å². The molecule has 1 heterocycles. The molecule has 112 valence electrons. The minimum Gasteiger partial charge on any atom is -0.321 e. The number of rotatable bonds is 4. The van der Waals surface area contributed by atoms with Crippen LogP contribution in [0.15, 0.2) is 18.2 Å². The smallest absolute Gasteiger partial charge is 0.267 e. The van der Waals surface area contributed by atoms with Crippen LogP contribution in [0.25, 0.3) is 0 Å². The predicted molar refractivity (Wildman–Crippen MR) is 89.3 cm³/mol. The number of carbonyl (C=O) groups is 1. The molecule has 3 nitrogen and oxygen atoms in total. The average molecular weight is 302 g/mol. The van der Waals surface area contributed by atoms with Gasteiger partial charge in [-0.1, -0.05) is 31.5 Å². The lowest BCUT2D eigenvalue weighted by atomic mass is 10.1. The minimum atomic E-state index is -0.0630. The van der Waals surface area contributed by atoms with Gasteiger partial charge in [0.05, 0.1) is 10.7 Å². The normalized spacial score (nSPS) is 11.0. The highest BCUT2D eigenvalue weighted by atomic mass is 32.1. The fourth-order valence-electron chi connectivity index (χ4n) is 2.23. The van der Waals surface area contributed by atoms with E-state index in [1.165, 1.54) is 16.9 Å². The third-order valence-corrected chi connectivity index (χ3v) is 4.44. The SMILES string of the molecule is Cc1ccc(NC(=O)c2sc(CC(C)C)nc2C)c(C)c1. The number of aryl methyl sites for hydroxylation is 3. The lowest BCUT2D eigenvalue weighted by Crippen LogP contribution is -2.12. The lowest BCUT2D eigenvalue weighted by Gasteiger charge is -2.08. The van der Waals surface area contributed by atoms with Gasteiger partial charge in [0.1, 0.15) is 4.88 Å². The van der Waals surface area contributed by atoms with E-state index >= 15 is 0 Å². The van der Waals surface area contributed by atoms with Crippen molar-refractivity contribution in [3.8, 4) is 0 Å². The standard InChI is InChI=1S/C17H22N2OS/c1-10(2)8-15-18-13(5)16(21-15)17(20)19-14-7-6-11(3)9-12(14)4/h6-7,9-10H,8H2,1-5H3,(H,19,20). The molecule has 0 aliphatic heterocycles. The maximum atomic E-state index is 12.4. The molecule has 1 aromatic carbocycles. The van der Waals surface area contributed by atoms with E-state index in [0.29, 0.717) is 10.8 Å². The molecule has 4 heteroatoms. The minimum absolute atomic E-state index is 0.0630. The van der Waals surface area contributed by atoms with Crippen LogP contribution in [-0.4, -0.2) is 10.9 Å². The Morgan fingerprint density at radius 1 is 1.29 bits per heavy atom. The van der Waals surface area contributed by atoms with Crippen LogP contribution in [0.5, 0.6) is 0 Å². The number of nitrogens with one attached hydrogen (secondary N) is 1. The van der Waals surface area contributed by atoms with Crippen LogP contribution >= 0.6 is 11.3 Å². The van der Waals surface area contributed by atoms with E-state index in [9.17, 15) is 4.79 Å². The molecule has 2 aromatic rings. The average Bonchev–Trinajstić information content (AvgIpc) is 2.72. The van der Waals surface area contributed by atoms with Gasteiger partial charge in [-0.15, -0.1) is 11.3 Å². The predicted octanol–water partition coefficient (Wildman–Crippen LogP) is 4.52. The second kappa shape index (κ2) is 6.39. The zero-order valence-electron chi connectivity index (χ0n) is 13.3. The Morgan fingerprint density at radius 2 is 2.00 bits per heavy atom. The van der Waals surface area contributed by atoms with Crippen molar-refractivity contribution >= 4 is 22.9 Å². The van der Waals surface area contributed by atoms with Gasteiger partial charge in [-0.05, 0) is 38.3 Å². The summed E-state index contributed by atoms with van der Waals surface area (Å²) in [6, 6.07) is 6.03. The largest absolute Gasteiger partial charge is 0.321 e. The van der Waals surface area contributed by atoms with Crippen LogP contribution in [0.1, 0.15) is 45.3 Å². The second-order valence-corrected chi connectivity index (χ2v) is 6.98. The first kappa shape index (κ1) is 15.7. The molecule has 0 unspecified atom stereocenters. The van der Waals surface area contributed by atoms with Gasteiger partial charge in [0.2, 0.25) is 0 Å². The Hall–Kier alpha value is -1.68. The molecule has 0 aliphatic rings. The van der Waals surface area contributed by atoms with Gasteiger partial charge in [-0.3, -0.25) is 4.79 Å². The summed E-state index contributed by atoms with van der Waals surface area (Å²) in [6.07, 6.45) is 0.919. The maximum Gasteiger partial charge on any atom is 0.267 e. The number of nitrogens with zero attached hydrogens (tertiary/aromatic N) is 1. The quantitative estimate of drug-likeness (QED) is 0.902. The van der Waals surface area contributed by atoms with Gasteiger partial charge >= 0.3 is 0 Å². The van der Waals surface area contributed by atoms with Crippen molar-refractivity contribution in [1.29, 1.82) is 0 Å². The topological polar surface area (TPSA) is 42.0 Å². The number of anilines is 1. The molecule has 21 heavy (non-hydrogen) atoms. The molecule has 0 atom stereocenters. The lowest BCUT2D eigenvalue weighted by molar-refractivity contribution is 0.102. The highest BCUT2D eigenvalue weighted by Gasteiger charge is 2.16. The van der Waals surface area contributed by atoms with Crippen molar-refractivity contribution in [1.82, 2.24) is 4.98 Å². The molecule has 0 bridgehead atoms. The van der Waals surface area contributed by atoms with Crippen molar-refractivity contribution in [2.45, 2.75) is 41.0 Å². The van der Waals surface area contributed by atoms with Gasteiger partial charge in [0, 0.05) is 12.1 Å². The first-order valence-electron chi connectivity index (χ1n) is 7.21. The zero-order valence-corrected chi connectivity index (χ0v) is 14.1. The summed E-state index contributed by atoms with van der Waals surface area (Å²) in [5, 5.41) is 4.03. The van der Waals surface area contributed by atoms with Crippen LogP contribution < -0.4 is 5.32 Å². The van der Waals surface area contributed by atoms with E-state index < -0.39 is 0 Å². The van der Waals surface area contributed by atoms with Crippen molar-refractivity contribution in [2.75, 3.05) is 5.32 Å². The number of amides is 1. The van der Waals surface area contributed by atoms with E-state index in [0.717, 1.165) is 28.4 Å². The summed E-state index contributed by atoms with van der Waals surface area (Å²) >= 11 is 1.50. The molecule has 2 rings (SSSR count). The molecular weight excluding hydrogens is 280 g/mol. The first-order chi connectivity index (χ1) is 9.86. The number of aromatic nitrogens is 1. The summed E-state index contributed by atoms with van der Waals surface area (Å²) < 4.78 is 0. The number of hydrogen-bond acceptors (Lipinski definition) is 3.